The number of carbonyl (C=O) groups excluding carboxylic acids is 4. The van der Waals surface area contributed by atoms with Crippen molar-refractivity contribution in [3.63, 3.8) is 0 Å². The van der Waals surface area contributed by atoms with Gasteiger partial charge in [-0.15, -0.1) is 0 Å². The molecule has 0 saturated heterocycles. The zero-order valence-corrected chi connectivity index (χ0v) is 35.7. The van der Waals surface area contributed by atoms with Crippen molar-refractivity contribution in [1.29, 1.82) is 0 Å². The SMILES string of the molecule is O=C1c2c(O)ccc(O)c2C(=O)c2c(NCCNCCCCCCNCCNc3ccc(NCCNCCO)c4c3C(=O)c3c(O)ccc(O)c3C4=O)ccc(NCCNCCO)c21. The highest BCUT2D eigenvalue weighted by atomic mass is 16.3. The van der Waals surface area contributed by atoms with Gasteiger partial charge >= 0.3 is 0 Å². The second kappa shape index (κ2) is 22.9. The van der Waals surface area contributed by atoms with E-state index in [1.165, 1.54) is 24.3 Å². The molecular weight excluding hydrogens is 825 g/mol. The molecular formula is C46H58N8O10. The molecule has 0 bridgehead atoms. The molecule has 0 atom stereocenters. The first kappa shape index (κ1) is 47.2. The monoisotopic (exact) mass is 882 g/mol. The summed E-state index contributed by atoms with van der Waals surface area (Å²) in [4.78, 5) is 55.1. The molecule has 0 amide bonds. The van der Waals surface area contributed by atoms with Crippen LogP contribution in [0.25, 0.3) is 0 Å². The molecule has 64 heavy (non-hydrogen) atoms. The maximum absolute atomic E-state index is 13.8. The van der Waals surface area contributed by atoms with Gasteiger partial charge < -0.3 is 73.2 Å². The molecule has 0 heterocycles. The molecule has 18 heteroatoms. The predicted octanol–water partition coefficient (Wildman–Crippen LogP) is 2.31. The number of phenolic OH excluding ortho intramolecular Hbond substituents is 4. The Morgan fingerprint density at radius 3 is 0.797 bits per heavy atom. The first-order valence-corrected chi connectivity index (χ1v) is 21.7. The molecule has 0 saturated carbocycles. The Morgan fingerprint density at radius 1 is 0.297 bits per heavy atom. The number of rotatable bonds is 27. The summed E-state index contributed by atoms with van der Waals surface area (Å²) in [7, 11) is 0. The average Bonchev–Trinajstić information content (AvgIpc) is 3.28. The topological polar surface area (TPSA) is 286 Å². The van der Waals surface area contributed by atoms with E-state index in [-0.39, 0.29) is 80.7 Å². The molecule has 4 aromatic rings. The zero-order valence-electron chi connectivity index (χ0n) is 35.7. The van der Waals surface area contributed by atoms with Crippen molar-refractivity contribution in [2.45, 2.75) is 25.7 Å². The number of fused-ring (bicyclic) bond motifs is 4. The van der Waals surface area contributed by atoms with Gasteiger partial charge in [-0.3, -0.25) is 19.2 Å². The molecule has 0 fully saturated rings. The highest BCUT2D eigenvalue weighted by Gasteiger charge is 2.39. The lowest BCUT2D eigenvalue weighted by atomic mass is 9.81. The second-order valence-electron chi connectivity index (χ2n) is 15.4. The quantitative estimate of drug-likeness (QED) is 0.0261. The van der Waals surface area contributed by atoms with Crippen molar-refractivity contribution in [1.82, 2.24) is 21.3 Å². The Labute approximate surface area is 370 Å². The molecule has 342 valence electrons. The molecule has 2 aliphatic carbocycles. The molecule has 0 radical (unpaired) electrons. The Kier molecular flexibility index (Phi) is 16.9. The van der Waals surface area contributed by atoms with Crippen molar-refractivity contribution in [3.05, 3.63) is 93.0 Å². The van der Waals surface area contributed by atoms with Crippen molar-refractivity contribution in [2.75, 3.05) is 113 Å². The third-order valence-electron chi connectivity index (χ3n) is 11.1. The lowest BCUT2D eigenvalue weighted by Crippen LogP contribution is -2.28. The van der Waals surface area contributed by atoms with E-state index in [4.69, 9.17) is 10.2 Å². The number of hydrogen-bond donors (Lipinski definition) is 14. The highest BCUT2D eigenvalue weighted by Crippen LogP contribution is 2.44. The predicted molar refractivity (Wildman–Crippen MR) is 244 cm³/mol. The van der Waals surface area contributed by atoms with E-state index >= 15 is 0 Å². The first-order chi connectivity index (χ1) is 31.1. The summed E-state index contributed by atoms with van der Waals surface area (Å²) in [6, 6.07) is 11.6. The summed E-state index contributed by atoms with van der Waals surface area (Å²) in [6.45, 7) is 6.28. The molecule has 0 spiro atoms. The number of aliphatic hydroxyl groups excluding tert-OH is 2. The fourth-order valence-electron chi connectivity index (χ4n) is 7.97. The van der Waals surface area contributed by atoms with Crippen LogP contribution >= 0.6 is 0 Å². The number of hydrogen-bond acceptors (Lipinski definition) is 18. The van der Waals surface area contributed by atoms with Gasteiger partial charge in [0.2, 0.25) is 23.1 Å². The number of nitrogens with one attached hydrogen (secondary N) is 8. The van der Waals surface area contributed by atoms with Gasteiger partial charge in [0, 0.05) is 88.2 Å². The number of unbranched alkanes of at least 4 members (excludes halogenated alkanes) is 3. The van der Waals surface area contributed by atoms with Crippen LogP contribution in [0.5, 0.6) is 23.0 Å². The van der Waals surface area contributed by atoms with Crippen LogP contribution in [0.1, 0.15) is 89.4 Å². The van der Waals surface area contributed by atoms with Crippen molar-refractivity contribution < 1.29 is 49.8 Å². The Balaban J connectivity index is 0.922. The van der Waals surface area contributed by atoms with Gasteiger partial charge in [-0.1, -0.05) is 12.8 Å². The third kappa shape index (κ3) is 10.7. The fourth-order valence-corrected chi connectivity index (χ4v) is 7.97. The Morgan fingerprint density at radius 2 is 0.547 bits per heavy atom. The number of carbonyl (C=O) groups is 4. The maximum Gasteiger partial charge on any atom is 0.200 e. The van der Waals surface area contributed by atoms with Crippen LogP contribution in [-0.4, -0.2) is 146 Å². The van der Waals surface area contributed by atoms with E-state index in [0.717, 1.165) is 38.8 Å². The van der Waals surface area contributed by atoms with E-state index < -0.39 is 23.1 Å². The van der Waals surface area contributed by atoms with Crippen LogP contribution in [-0.2, 0) is 0 Å². The van der Waals surface area contributed by atoms with Gasteiger partial charge in [-0.25, -0.2) is 0 Å². The molecule has 18 nitrogen and oxygen atoms in total. The summed E-state index contributed by atoms with van der Waals surface area (Å²) < 4.78 is 0. The third-order valence-corrected chi connectivity index (χ3v) is 11.1. The van der Waals surface area contributed by atoms with Crippen LogP contribution in [0.4, 0.5) is 22.7 Å². The van der Waals surface area contributed by atoms with Gasteiger partial charge in [0.1, 0.15) is 23.0 Å². The Bertz CT molecular complexity index is 2180. The molecule has 2 aliphatic rings. The van der Waals surface area contributed by atoms with E-state index in [2.05, 4.69) is 42.5 Å². The molecule has 14 N–H and O–H groups in total. The van der Waals surface area contributed by atoms with Gasteiger partial charge in [0.15, 0.2) is 0 Å². The molecule has 0 aliphatic heterocycles. The molecule has 6 rings (SSSR count). The second-order valence-corrected chi connectivity index (χ2v) is 15.4. The van der Waals surface area contributed by atoms with E-state index in [1.807, 2.05) is 0 Å². The number of phenols is 4. The van der Waals surface area contributed by atoms with E-state index in [1.54, 1.807) is 24.3 Å². The van der Waals surface area contributed by atoms with E-state index in [0.29, 0.717) is 88.2 Å². The van der Waals surface area contributed by atoms with Crippen molar-refractivity contribution in [3.8, 4) is 23.0 Å². The summed E-state index contributed by atoms with van der Waals surface area (Å²) in [6.07, 6.45) is 3.92. The lowest BCUT2D eigenvalue weighted by Gasteiger charge is -2.25. The van der Waals surface area contributed by atoms with Gasteiger partial charge in [0.25, 0.3) is 0 Å². The van der Waals surface area contributed by atoms with Crippen molar-refractivity contribution >= 4 is 45.9 Å². The number of benzene rings is 4. The summed E-state index contributed by atoms with van der Waals surface area (Å²) in [5, 5.41) is 86.0. The normalized spacial score (nSPS) is 12.7. The summed E-state index contributed by atoms with van der Waals surface area (Å²) >= 11 is 0. The molecule has 0 unspecified atom stereocenters. The van der Waals surface area contributed by atoms with Crippen LogP contribution in [0.15, 0.2) is 48.5 Å². The van der Waals surface area contributed by atoms with Crippen molar-refractivity contribution in [2.24, 2.45) is 0 Å². The molecule has 0 aromatic heterocycles. The highest BCUT2D eigenvalue weighted by molar-refractivity contribution is 6.34. The minimum Gasteiger partial charge on any atom is -0.507 e. The number of aromatic hydroxyl groups is 4. The first-order valence-electron chi connectivity index (χ1n) is 21.7. The standard InChI is InChI=1S/C46H58N8O10/c55-25-23-49-17-21-53-29-7-5-27(35-37(29)45(63)41-33(59)11-9-31(57)39(41)43(35)61)51-19-15-47-13-3-1-2-4-14-48-16-20-52-28-6-8-30(54-22-18-50-24-26-56)38-36(28)44(62)40-32(58)10-12-34(60)42(40)46(38)64/h5-12,47-60H,1-4,13-26H2. The van der Waals surface area contributed by atoms with Gasteiger partial charge in [-0.2, -0.15) is 0 Å². The summed E-state index contributed by atoms with van der Waals surface area (Å²) in [5.41, 5.74) is 1.29. The smallest absolute Gasteiger partial charge is 0.200 e. The largest absolute Gasteiger partial charge is 0.507 e. The van der Waals surface area contributed by atoms with E-state index in [9.17, 15) is 39.6 Å². The minimum atomic E-state index is -0.569. The lowest BCUT2D eigenvalue weighted by molar-refractivity contribution is 0.0975. The molecule has 4 aromatic carbocycles. The fraction of sp³-hybridized carbons (Fsp3) is 0.391. The minimum absolute atomic E-state index is 0.0128. The van der Waals surface area contributed by atoms with Crippen LogP contribution in [0.3, 0.4) is 0 Å². The van der Waals surface area contributed by atoms with Gasteiger partial charge in [-0.05, 0) is 74.5 Å². The number of aliphatic hydroxyl groups is 2. The average molecular weight is 883 g/mol. The zero-order chi connectivity index (χ0) is 45.6. The van der Waals surface area contributed by atoms with Gasteiger partial charge in [0.05, 0.1) is 57.7 Å². The summed E-state index contributed by atoms with van der Waals surface area (Å²) in [5.74, 6) is -3.81. The number of anilines is 4. The maximum atomic E-state index is 13.8. The Hall–Kier alpha value is -6.28. The van der Waals surface area contributed by atoms with Crippen LogP contribution < -0.4 is 42.5 Å². The van der Waals surface area contributed by atoms with Crippen LogP contribution in [0.2, 0.25) is 0 Å². The van der Waals surface area contributed by atoms with Crippen LogP contribution in [0, 0.1) is 0 Å². The number of ketones is 4.